The zero-order valence-corrected chi connectivity index (χ0v) is 37.4. The minimum Gasteiger partial charge on any atom is -0.471 e. The lowest BCUT2D eigenvalue weighted by Crippen LogP contribution is -2.52. The van der Waals surface area contributed by atoms with Crippen molar-refractivity contribution in [3.05, 3.63) is 90.0 Å². The molecule has 2 heterocycles. The summed E-state index contributed by atoms with van der Waals surface area (Å²) in [5, 5.41) is 9.27. The van der Waals surface area contributed by atoms with Gasteiger partial charge in [0.25, 0.3) is 6.47 Å². The summed E-state index contributed by atoms with van der Waals surface area (Å²) in [5.74, 6) is 0.270. The maximum absolute atomic E-state index is 13.4. The van der Waals surface area contributed by atoms with Crippen molar-refractivity contribution in [3.8, 4) is 0 Å². The lowest BCUT2D eigenvalue weighted by Gasteiger charge is -2.30. The highest BCUT2D eigenvalue weighted by molar-refractivity contribution is 5.99. The molecule has 0 spiro atoms. The summed E-state index contributed by atoms with van der Waals surface area (Å²) < 4.78 is 7.75. The van der Waals surface area contributed by atoms with Crippen LogP contribution in [0, 0.1) is 11.8 Å². The van der Waals surface area contributed by atoms with Crippen molar-refractivity contribution in [2.24, 2.45) is 17.6 Å². The first kappa shape index (κ1) is 50.4. The minimum absolute atomic E-state index is 0.00349. The fourth-order valence-corrected chi connectivity index (χ4v) is 7.42. The number of hydrogen-bond acceptors (Lipinski definition) is 10. The molecule has 62 heavy (non-hydrogen) atoms. The number of benzene rings is 3. The maximum Gasteiger partial charge on any atom is 0.404 e. The van der Waals surface area contributed by atoms with E-state index in [0.29, 0.717) is 69.2 Å². The molecule has 5 N–H and O–H groups in total. The van der Waals surface area contributed by atoms with Crippen LogP contribution in [0.1, 0.15) is 83.8 Å². The standard InChI is InChI=1S/C43H58N6O4.C2H5NO2.C2H4O2/c1-6-30(3)27-39(50)48-25-11-15-37(48)41(51)45-34-21-17-32(18-22-34)28-47(36-13-9-8-10-14-36)29-33-19-23-35(24-20-33)46-42(52)38-16-12-26-49(38)43(53)40(44-5)31(4)7-2;1-5-2(3)4;1-4-2-3/h8-10,13-14,17-24,30-31,37-38,40,44H,6-7,11-12,15-16,25-29H2,1-5H3,(H,45,51)(H,46,52);1H3,(H2,3,4);2H,1H3/t30-,31?,37?,38+,40?;;/m1../s1. The van der Waals surface area contributed by atoms with Gasteiger partial charge in [-0.25, -0.2) is 4.79 Å². The Kier molecular flexibility index (Phi) is 21.5. The van der Waals surface area contributed by atoms with Crippen molar-refractivity contribution in [2.75, 3.05) is 49.9 Å². The summed E-state index contributed by atoms with van der Waals surface area (Å²) in [6.07, 6.45) is 4.55. The summed E-state index contributed by atoms with van der Waals surface area (Å²) in [5.41, 5.74) is 9.10. The van der Waals surface area contributed by atoms with E-state index in [1.54, 1.807) is 9.80 Å². The number of ether oxygens (including phenoxy) is 2. The van der Waals surface area contributed by atoms with E-state index in [1.807, 2.05) is 73.8 Å². The Morgan fingerprint density at radius 3 is 1.66 bits per heavy atom. The molecule has 2 aliphatic heterocycles. The summed E-state index contributed by atoms with van der Waals surface area (Å²) in [4.78, 5) is 77.0. The number of nitrogens with two attached hydrogens (primary N) is 1. The van der Waals surface area contributed by atoms with Gasteiger partial charge in [0.05, 0.1) is 20.3 Å². The molecular formula is C47H67N7O8. The van der Waals surface area contributed by atoms with E-state index >= 15 is 0 Å². The van der Waals surface area contributed by atoms with Crippen molar-refractivity contribution in [1.82, 2.24) is 15.1 Å². The van der Waals surface area contributed by atoms with E-state index < -0.39 is 18.2 Å². The summed E-state index contributed by atoms with van der Waals surface area (Å²) in [6.45, 7) is 11.2. The summed E-state index contributed by atoms with van der Waals surface area (Å²) >= 11 is 0. The highest BCUT2D eigenvalue weighted by atomic mass is 16.5. The number of nitrogens with zero attached hydrogens (tertiary/aromatic N) is 3. The molecule has 0 bridgehead atoms. The molecule has 2 aliphatic rings. The molecule has 15 heteroatoms. The number of likely N-dealkylation sites (tertiary alicyclic amines) is 2. The first-order chi connectivity index (χ1) is 29.8. The van der Waals surface area contributed by atoms with Gasteiger partial charge in [0.15, 0.2) is 0 Å². The zero-order valence-electron chi connectivity index (χ0n) is 37.4. The third-order valence-corrected chi connectivity index (χ3v) is 11.3. The second-order valence-electron chi connectivity index (χ2n) is 15.7. The average molecular weight is 858 g/mol. The van der Waals surface area contributed by atoms with Gasteiger partial charge in [0, 0.05) is 49.7 Å². The Balaban J connectivity index is 0.00000103. The van der Waals surface area contributed by atoms with Gasteiger partial charge in [-0.15, -0.1) is 0 Å². The van der Waals surface area contributed by atoms with Crippen LogP contribution in [0.25, 0.3) is 0 Å². The van der Waals surface area contributed by atoms with Crippen LogP contribution in [0.2, 0.25) is 0 Å². The molecule has 2 saturated heterocycles. The smallest absolute Gasteiger partial charge is 0.404 e. The van der Waals surface area contributed by atoms with Gasteiger partial charge < -0.3 is 45.9 Å². The molecular weight excluding hydrogens is 791 g/mol. The van der Waals surface area contributed by atoms with Gasteiger partial charge in [-0.3, -0.25) is 24.0 Å². The van der Waals surface area contributed by atoms with Crippen LogP contribution < -0.4 is 26.6 Å². The van der Waals surface area contributed by atoms with Crippen LogP contribution in [-0.4, -0.2) is 98.5 Å². The summed E-state index contributed by atoms with van der Waals surface area (Å²) in [7, 11) is 4.35. The largest absolute Gasteiger partial charge is 0.471 e. The number of methoxy groups -OCH3 is 2. The molecule has 5 rings (SSSR count). The Labute approximate surface area is 367 Å². The number of hydrogen-bond donors (Lipinski definition) is 4. The third-order valence-electron chi connectivity index (χ3n) is 11.3. The second-order valence-corrected chi connectivity index (χ2v) is 15.7. The van der Waals surface area contributed by atoms with Gasteiger partial charge in [-0.2, -0.15) is 0 Å². The zero-order chi connectivity index (χ0) is 45.6. The fraction of sp³-hybridized carbons (Fsp3) is 0.489. The number of anilines is 3. The van der Waals surface area contributed by atoms with Crippen LogP contribution in [-0.2, 0) is 46.5 Å². The number of carbonyl (C=O) groups is 6. The molecule has 5 atom stereocenters. The molecule has 15 nitrogen and oxygen atoms in total. The van der Waals surface area contributed by atoms with Gasteiger partial charge in [0.1, 0.15) is 12.1 Å². The Hall–Kier alpha value is -5.96. The number of likely N-dealkylation sites (N-methyl/N-ethyl adjacent to an activating group) is 1. The molecule has 338 valence electrons. The van der Waals surface area contributed by atoms with E-state index in [0.717, 1.165) is 42.5 Å². The number of rotatable bonds is 17. The van der Waals surface area contributed by atoms with E-state index in [1.165, 1.54) is 14.2 Å². The lowest BCUT2D eigenvalue weighted by atomic mass is 9.97. The molecule has 3 aromatic carbocycles. The van der Waals surface area contributed by atoms with Gasteiger partial charge >= 0.3 is 6.09 Å². The Bertz CT molecular complexity index is 1860. The van der Waals surface area contributed by atoms with Crippen molar-refractivity contribution >= 4 is 53.3 Å². The van der Waals surface area contributed by atoms with Crippen molar-refractivity contribution in [2.45, 2.75) is 104 Å². The monoisotopic (exact) mass is 858 g/mol. The van der Waals surface area contributed by atoms with Crippen LogP contribution in [0.5, 0.6) is 0 Å². The van der Waals surface area contributed by atoms with Gasteiger partial charge in [-0.05, 0) is 92.1 Å². The second kappa shape index (κ2) is 26.4. The third kappa shape index (κ3) is 15.5. The first-order valence-electron chi connectivity index (χ1n) is 21.5. The molecule has 0 aromatic heterocycles. The molecule has 0 radical (unpaired) electrons. The highest BCUT2D eigenvalue weighted by Gasteiger charge is 2.38. The van der Waals surface area contributed by atoms with Crippen molar-refractivity contribution < 1.29 is 38.2 Å². The van der Waals surface area contributed by atoms with E-state index in [2.05, 4.69) is 75.9 Å². The van der Waals surface area contributed by atoms with Crippen LogP contribution >= 0.6 is 0 Å². The molecule has 2 fully saturated rings. The minimum atomic E-state index is -0.745. The quantitative estimate of drug-likeness (QED) is 0.112. The topological polar surface area (TPSA) is 193 Å². The van der Waals surface area contributed by atoms with Crippen LogP contribution in [0.15, 0.2) is 78.9 Å². The van der Waals surface area contributed by atoms with Crippen molar-refractivity contribution in [3.63, 3.8) is 0 Å². The normalized spacial score (nSPS) is 16.8. The molecule has 0 aliphatic carbocycles. The maximum atomic E-state index is 13.4. The van der Waals surface area contributed by atoms with E-state index in [4.69, 9.17) is 4.79 Å². The number of carbonyl (C=O) groups excluding carboxylic acids is 6. The number of primary amides is 1. The van der Waals surface area contributed by atoms with Crippen molar-refractivity contribution in [1.29, 1.82) is 0 Å². The Morgan fingerprint density at radius 1 is 0.774 bits per heavy atom. The predicted molar refractivity (Wildman–Crippen MR) is 242 cm³/mol. The lowest BCUT2D eigenvalue weighted by molar-refractivity contribution is -0.139. The number of amides is 5. The number of para-hydroxylation sites is 1. The van der Waals surface area contributed by atoms with E-state index in [-0.39, 0.29) is 35.6 Å². The Morgan fingerprint density at radius 2 is 1.24 bits per heavy atom. The van der Waals surface area contributed by atoms with Crippen LogP contribution in [0.4, 0.5) is 21.9 Å². The fourth-order valence-electron chi connectivity index (χ4n) is 7.42. The predicted octanol–water partition coefficient (Wildman–Crippen LogP) is 6.32. The van der Waals surface area contributed by atoms with Gasteiger partial charge in [-0.1, -0.05) is 83.0 Å². The average Bonchev–Trinajstić information content (AvgIpc) is 4.00. The van der Waals surface area contributed by atoms with Crippen LogP contribution in [0.3, 0.4) is 0 Å². The SMILES string of the molecule is CCC(C)C(NC)C(=O)N1CCC[C@H]1C(=O)Nc1ccc(CN(Cc2ccc(NC(=O)C3CCCN3C(=O)C[C@H](C)CC)cc2)c2ccccc2)cc1.COC(N)=O.COC=O. The molecule has 5 amide bonds. The summed E-state index contributed by atoms with van der Waals surface area (Å²) in [6, 6.07) is 24.9. The molecule has 3 aromatic rings. The first-order valence-corrected chi connectivity index (χ1v) is 21.5. The molecule has 0 saturated carbocycles. The van der Waals surface area contributed by atoms with E-state index in [9.17, 15) is 24.0 Å². The highest BCUT2D eigenvalue weighted by Crippen LogP contribution is 2.26. The van der Waals surface area contributed by atoms with Gasteiger partial charge in [0.2, 0.25) is 23.6 Å². The number of nitrogens with one attached hydrogen (secondary N) is 3. The molecule has 3 unspecified atom stereocenters.